The summed E-state index contributed by atoms with van der Waals surface area (Å²) in [5, 5.41) is 0. The second-order valence-corrected chi connectivity index (χ2v) is 6.50. The van der Waals surface area contributed by atoms with Crippen LogP contribution in [0.3, 0.4) is 0 Å². The van der Waals surface area contributed by atoms with E-state index in [9.17, 15) is 4.79 Å². The van der Waals surface area contributed by atoms with Gasteiger partial charge in [-0.05, 0) is 54.4 Å². The maximum Gasteiger partial charge on any atom is 0.226 e. The Labute approximate surface area is 113 Å². The maximum atomic E-state index is 12.7. The molecule has 3 unspecified atom stereocenters. The molecular formula is C16H20N2O. The van der Waals surface area contributed by atoms with Gasteiger partial charge in [-0.2, -0.15) is 0 Å². The minimum atomic E-state index is 0.311. The second-order valence-electron chi connectivity index (χ2n) is 6.50. The van der Waals surface area contributed by atoms with Gasteiger partial charge in [0, 0.05) is 24.7 Å². The number of amides is 1. The van der Waals surface area contributed by atoms with Crippen LogP contribution in [0.15, 0.2) is 18.2 Å². The molecule has 2 saturated carbocycles. The van der Waals surface area contributed by atoms with Gasteiger partial charge in [0.15, 0.2) is 0 Å². The SMILES string of the molecule is Nc1ccc2c(c1)CN(C(=O)C1CC3CCC1C3)C2. The summed E-state index contributed by atoms with van der Waals surface area (Å²) < 4.78 is 0. The fourth-order valence-electron chi connectivity index (χ4n) is 4.35. The van der Waals surface area contributed by atoms with E-state index in [0.29, 0.717) is 17.7 Å². The highest BCUT2D eigenvalue weighted by Gasteiger charge is 2.44. The summed E-state index contributed by atoms with van der Waals surface area (Å²) in [7, 11) is 0. The highest BCUT2D eigenvalue weighted by atomic mass is 16.2. The Balaban J connectivity index is 1.51. The molecule has 1 aliphatic heterocycles. The lowest BCUT2D eigenvalue weighted by molar-refractivity contribution is -0.137. The van der Waals surface area contributed by atoms with Crippen molar-refractivity contribution in [1.82, 2.24) is 4.90 Å². The third kappa shape index (κ3) is 1.75. The number of hydrogen-bond donors (Lipinski definition) is 1. The molecule has 1 amide bonds. The van der Waals surface area contributed by atoms with Gasteiger partial charge in [0.25, 0.3) is 0 Å². The molecule has 2 N–H and O–H groups in total. The number of nitrogens with two attached hydrogens (primary N) is 1. The van der Waals surface area contributed by atoms with E-state index < -0.39 is 0 Å². The van der Waals surface area contributed by atoms with Gasteiger partial charge in [0.2, 0.25) is 5.91 Å². The fraction of sp³-hybridized carbons (Fsp3) is 0.562. The Hall–Kier alpha value is -1.51. The summed E-state index contributed by atoms with van der Waals surface area (Å²) in [6.45, 7) is 1.54. The highest BCUT2D eigenvalue weighted by Crippen LogP contribution is 2.49. The molecule has 1 aromatic rings. The predicted molar refractivity (Wildman–Crippen MR) is 74.0 cm³/mol. The monoisotopic (exact) mass is 256 g/mol. The van der Waals surface area contributed by atoms with Crippen molar-refractivity contribution in [2.24, 2.45) is 17.8 Å². The number of nitrogens with zero attached hydrogens (tertiary/aromatic N) is 1. The van der Waals surface area contributed by atoms with Crippen LogP contribution in [0, 0.1) is 17.8 Å². The molecule has 19 heavy (non-hydrogen) atoms. The molecule has 3 atom stereocenters. The van der Waals surface area contributed by atoms with Crippen molar-refractivity contribution in [2.45, 2.75) is 38.8 Å². The van der Waals surface area contributed by atoms with E-state index >= 15 is 0 Å². The molecular weight excluding hydrogens is 236 g/mol. The van der Waals surface area contributed by atoms with Crippen LogP contribution in [0.1, 0.15) is 36.8 Å². The first-order valence-electron chi connectivity index (χ1n) is 7.37. The fourth-order valence-corrected chi connectivity index (χ4v) is 4.35. The summed E-state index contributed by atoms with van der Waals surface area (Å²) in [6.07, 6.45) is 5.06. The lowest BCUT2D eigenvalue weighted by Gasteiger charge is -2.26. The van der Waals surface area contributed by atoms with Gasteiger partial charge in [-0.15, -0.1) is 0 Å². The van der Waals surface area contributed by atoms with Crippen LogP contribution in [0.4, 0.5) is 5.69 Å². The Kier molecular flexibility index (Phi) is 2.38. The predicted octanol–water partition coefficient (Wildman–Crippen LogP) is 2.55. The number of nitrogen functional groups attached to an aromatic ring is 1. The minimum absolute atomic E-state index is 0.311. The van der Waals surface area contributed by atoms with Crippen molar-refractivity contribution in [2.75, 3.05) is 5.73 Å². The Morgan fingerprint density at radius 2 is 2.00 bits per heavy atom. The van der Waals surface area contributed by atoms with Crippen molar-refractivity contribution >= 4 is 11.6 Å². The standard InChI is InChI=1S/C16H20N2O/c17-14-4-3-12-8-18(9-13(12)7-14)16(19)15-6-10-1-2-11(15)5-10/h3-4,7,10-11,15H,1-2,5-6,8-9,17H2. The molecule has 3 heteroatoms. The summed E-state index contributed by atoms with van der Waals surface area (Å²) >= 11 is 0. The van der Waals surface area contributed by atoms with Crippen LogP contribution in [0.25, 0.3) is 0 Å². The molecule has 1 heterocycles. The highest BCUT2D eigenvalue weighted by molar-refractivity contribution is 5.80. The molecule has 4 rings (SSSR count). The third-order valence-corrected chi connectivity index (χ3v) is 5.32. The average molecular weight is 256 g/mol. The van der Waals surface area contributed by atoms with Gasteiger partial charge < -0.3 is 10.6 Å². The smallest absolute Gasteiger partial charge is 0.226 e. The van der Waals surface area contributed by atoms with Crippen molar-refractivity contribution in [1.29, 1.82) is 0 Å². The van der Waals surface area contributed by atoms with Crippen LogP contribution in [-0.4, -0.2) is 10.8 Å². The molecule has 1 aromatic carbocycles. The van der Waals surface area contributed by atoms with Gasteiger partial charge in [0.1, 0.15) is 0 Å². The zero-order valence-corrected chi connectivity index (χ0v) is 11.1. The lowest BCUT2D eigenvalue weighted by Crippen LogP contribution is -2.34. The number of rotatable bonds is 1. The average Bonchev–Trinajstić information content (AvgIpc) is 3.11. The lowest BCUT2D eigenvalue weighted by atomic mass is 9.88. The van der Waals surface area contributed by atoms with Crippen LogP contribution >= 0.6 is 0 Å². The van der Waals surface area contributed by atoms with Gasteiger partial charge in [-0.3, -0.25) is 4.79 Å². The van der Waals surface area contributed by atoms with Gasteiger partial charge in [-0.1, -0.05) is 12.5 Å². The molecule has 3 nitrogen and oxygen atoms in total. The largest absolute Gasteiger partial charge is 0.399 e. The molecule has 2 fully saturated rings. The van der Waals surface area contributed by atoms with E-state index in [1.165, 1.54) is 30.4 Å². The summed E-state index contributed by atoms with van der Waals surface area (Å²) in [4.78, 5) is 14.7. The zero-order chi connectivity index (χ0) is 13.0. The number of benzene rings is 1. The van der Waals surface area contributed by atoms with Gasteiger partial charge in [-0.25, -0.2) is 0 Å². The minimum Gasteiger partial charge on any atom is -0.399 e. The Morgan fingerprint density at radius 1 is 1.16 bits per heavy atom. The van der Waals surface area contributed by atoms with E-state index in [2.05, 4.69) is 6.07 Å². The van der Waals surface area contributed by atoms with Crippen LogP contribution in [-0.2, 0) is 17.9 Å². The van der Waals surface area contributed by atoms with Gasteiger partial charge >= 0.3 is 0 Å². The van der Waals surface area contributed by atoms with Crippen LogP contribution < -0.4 is 5.73 Å². The van der Waals surface area contributed by atoms with E-state index in [-0.39, 0.29) is 0 Å². The second kappa shape index (κ2) is 3.99. The van der Waals surface area contributed by atoms with E-state index in [0.717, 1.165) is 31.1 Å². The quantitative estimate of drug-likeness (QED) is 0.785. The van der Waals surface area contributed by atoms with Crippen LogP contribution in [0.5, 0.6) is 0 Å². The van der Waals surface area contributed by atoms with Crippen molar-refractivity contribution in [3.8, 4) is 0 Å². The summed E-state index contributed by atoms with van der Waals surface area (Å²) in [6, 6.07) is 6.02. The first-order chi connectivity index (χ1) is 9.20. The number of carbonyl (C=O) groups is 1. The third-order valence-electron chi connectivity index (χ3n) is 5.32. The molecule has 2 aliphatic carbocycles. The zero-order valence-electron chi connectivity index (χ0n) is 11.1. The van der Waals surface area contributed by atoms with Gasteiger partial charge in [0.05, 0.1) is 0 Å². The van der Waals surface area contributed by atoms with Crippen molar-refractivity contribution in [3.05, 3.63) is 29.3 Å². The molecule has 2 bridgehead atoms. The van der Waals surface area contributed by atoms with Crippen LogP contribution in [0.2, 0.25) is 0 Å². The van der Waals surface area contributed by atoms with E-state index in [4.69, 9.17) is 5.73 Å². The number of fused-ring (bicyclic) bond motifs is 3. The first kappa shape index (κ1) is 11.3. The van der Waals surface area contributed by atoms with Crippen molar-refractivity contribution < 1.29 is 4.79 Å². The number of anilines is 1. The Morgan fingerprint density at radius 3 is 2.74 bits per heavy atom. The molecule has 3 aliphatic rings. The van der Waals surface area contributed by atoms with E-state index in [1.54, 1.807) is 0 Å². The normalized spacial score (nSPS) is 31.8. The van der Waals surface area contributed by atoms with E-state index in [1.807, 2.05) is 17.0 Å². The first-order valence-corrected chi connectivity index (χ1v) is 7.37. The molecule has 100 valence electrons. The summed E-state index contributed by atoms with van der Waals surface area (Å²) in [5.41, 5.74) is 9.12. The van der Waals surface area contributed by atoms with Crippen molar-refractivity contribution in [3.63, 3.8) is 0 Å². The molecule has 0 radical (unpaired) electrons. The number of hydrogen-bond acceptors (Lipinski definition) is 2. The summed E-state index contributed by atoms with van der Waals surface area (Å²) in [5.74, 6) is 2.21. The molecule has 0 spiro atoms. The maximum absolute atomic E-state index is 12.7. The topological polar surface area (TPSA) is 46.3 Å². The molecule has 0 saturated heterocycles. The Bertz CT molecular complexity index is 540. The number of carbonyl (C=O) groups excluding carboxylic acids is 1. The molecule has 0 aromatic heterocycles.